The first-order chi connectivity index (χ1) is 9.10. The number of halogens is 1. The number of thiophene rings is 1. The molecule has 0 aliphatic rings. The van der Waals surface area contributed by atoms with Gasteiger partial charge in [-0.3, -0.25) is 0 Å². The zero-order valence-electron chi connectivity index (χ0n) is 10.9. The van der Waals surface area contributed by atoms with Crippen molar-refractivity contribution in [2.45, 2.75) is 19.6 Å². The second kappa shape index (κ2) is 6.41. The highest BCUT2D eigenvalue weighted by atomic mass is 79.9. The quantitative estimate of drug-likeness (QED) is 0.889. The molecule has 0 saturated heterocycles. The van der Waals surface area contributed by atoms with Crippen LogP contribution in [0.5, 0.6) is 11.5 Å². The molecule has 102 valence electrons. The summed E-state index contributed by atoms with van der Waals surface area (Å²) in [5.74, 6) is 1.45. The van der Waals surface area contributed by atoms with Crippen LogP contribution in [0, 0.1) is 0 Å². The van der Waals surface area contributed by atoms with Crippen LogP contribution in [0.15, 0.2) is 34.1 Å². The summed E-state index contributed by atoms with van der Waals surface area (Å²) < 4.78 is 12.2. The maximum Gasteiger partial charge on any atom is 0.161 e. The van der Waals surface area contributed by atoms with Gasteiger partial charge in [0, 0.05) is 20.8 Å². The molecule has 1 heterocycles. The molecule has 19 heavy (non-hydrogen) atoms. The lowest BCUT2D eigenvalue weighted by Crippen LogP contribution is -2.05. The zero-order chi connectivity index (χ0) is 13.8. The molecule has 0 aliphatic carbocycles. The molecule has 0 radical (unpaired) electrons. The molecule has 0 fully saturated rings. The van der Waals surface area contributed by atoms with Gasteiger partial charge in [0.1, 0.15) is 6.61 Å². The van der Waals surface area contributed by atoms with E-state index in [1.54, 1.807) is 18.4 Å². The van der Waals surface area contributed by atoms with Crippen molar-refractivity contribution in [2.75, 3.05) is 7.11 Å². The molecule has 5 heteroatoms. The van der Waals surface area contributed by atoms with Gasteiger partial charge in [0.25, 0.3) is 0 Å². The summed E-state index contributed by atoms with van der Waals surface area (Å²) in [6.45, 7) is 2.47. The average Bonchev–Trinajstić information content (AvgIpc) is 2.81. The van der Waals surface area contributed by atoms with Gasteiger partial charge in [-0.05, 0) is 46.6 Å². The second-order valence-electron chi connectivity index (χ2n) is 4.22. The predicted molar refractivity (Wildman–Crippen MR) is 81.9 cm³/mol. The fraction of sp³-hybridized carbons (Fsp3) is 0.286. The summed E-state index contributed by atoms with van der Waals surface area (Å²) in [7, 11) is 1.63. The molecule has 1 atom stereocenters. The third-order valence-corrected chi connectivity index (χ3v) is 4.38. The van der Waals surface area contributed by atoms with Gasteiger partial charge >= 0.3 is 0 Å². The van der Waals surface area contributed by atoms with Crippen LogP contribution in [0.1, 0.15) is 23.4 Å². The first-order valence-corrected chi connectivity index (χ1v) is 7.56. The van der Waals surface area contributed by atoms with E-state index >= 15 is 0 Å². The number of ether oxygens (including phenoxy) is 2. The van der Waals surface area contributed by atoms with E-state index in [1.165, 1.54) is 0 Å². The van der Waals surface area contributed by atoms with Gasteiger partial charge in [0.05, 0.1) is 7.11 Å². The monoisotopic (exact) mass is 341 g/mol. The van der Waals surface area contributed by atoms with Gasteiger partial charge in [-0.25, -0.2) is 0 Å². The summed E-state index contributed by atoms with van der Waals surface area (Å²) in [5.41, 5.74) is 6.89. The fourth-order valence-electron chi connectivity index (χ4n) is 1.67. The molecule has 2 aromatic rings. The molecular weight excluding hydrogens is 326 g/mol. The van der Waals surface area contributed by atoms with Crippen LogP contribution in [0.2, 0.25) is 0 Å². The van der Waals surface area contributed by atoms with E-state index in [0.717, 1.165) is 20.7 Å². The van der Waals surface area contributed by atoms with Gasteiger partial charge in [0.2, 0.25) is 0 Å². The maximum atomic E-state index is 5.86. The number of benzene rings is 1. The molecule has 0 unspecified atom stereocenters. The van der Waals surface area contributed by atoms with Crippen molar-refractivity contribution < 1.29 is 9.47 Å². The lowest BCUT2D eigenvalue weighted by molar-refractivity contribution is 0.287. The molecule has 1 aromatic carbocycles. The van der Waals surface area contributed by atoms with Crippen LogP contribution in [0.3, 0.4) is 0 Å². The summed E-state index contributed by atoms with van der Waals surface area (Å²) in [4.78, 5) is 1.16. The number of methoxy groups -OCH3 is 1. The Bertz CT molecular complexity index is 554. The van der Waals surface area contributed by atoms with Crippen molar-refractivity contribution in [1.29, 1.82) is 0 Å². The Morgan fingerprint density at radius 3 is 2.68 bits per heavy atom. The highest BCUT2D eigenvalue weighted by Crippen LogP contribution is 2.31. The highest BCUT2D eigenvalue weighted by Gasteiger charge is 2.09. The van der Waals surface area contributed by atoms with E-state index in [0.29, 0.717) is 12.4 Å². The van der Waals surface area contributed by atoms with Crippen LogP contribution >= 0.6 is 27.3 Å². The molecule has 2 rings (SSSR count). The van der Waals surface area contributed by atoms with Crippen LogP contribution < -0.4 is 15.2 Å². The van der Waals surface area contributed by atoms with E-state index < -0.39 is 0 Å². The van der Waals surface area contributed by atoms with Crippen molar-refractivity contribution in [1.82, 2.24) is 0 Å². The van der Waals surface area contributed by atoms with E-state index in [1.807, 2.05) is 36.6 Å². The van der Waals surface area contributed by atoms with Gasteiger partial charge < -0.3 is 15.2 Å². The minimum absolute atomic E-state index is 0.0174. The smallest absolute Gasteiger partial charge is 0.161 e. The van der Waals surface area contributed by atoms with Crippen LogP contribution in [0.4, 0.5) is 0 Å². The topological polar surface area (TPSA) is 44.5 Å². The third-order valence-electron chi connectivity index (χ3n) is 2.71. The van der Waals surface area contributed by atoms with E-state index in [-0.39, 0.29) is 6.04 Å². The second-order valence-corrected chi connectivity index (χ2v) is 6.13. The molecule has 0 amide bonds. The molecule has 0 spiro atoms. The van der Waals surface area contributed by atoms with Crippen LogP contribution in [-0.2, 0) is 6.61 Å². The predicted octanol–water partition coefficient (Wildman–Crippen LogP) is 4.12. The molecule has 0 bridgehead atoms. The lowest BCUT2D eigenvalue weighted by Gasteiger charge is -2.13. The van der Waals surface area contributed by atoms with Gasteiger partial charge in [-0.1, -0.05) is 6.07 Å². The number of hydrogen-bond donors (Lipinski definition) is 1. The maximum absolute atomic E-state index is 5.86. The molecular formula is C14H16BrNO2S. The van der Waals surface area contributed by atoms with Crippen molar-refractivity contribution in [2.24, 2.45) is 5.73 Å². The standard InChI is InChI=1S/C14H16BrNO2S/c1-9(16)10-3-4-13(14(5-10)17-2)18-7-12-6-11(15)8-19-12/h3-6,8-9H,7,16H2,1-2H3/t9-/m1/s1. The summed E-state index contributed by atoms with van der Waals surface area (Å²) in [6, 6.07) is 7.82. The number of hydrogen-bond acceptors (Lipinski definition) is 4. The van der Waals surface area contributed by atoms with Crippen LogP contribution in [0.25, 0.3) is 0 Å². The summed E-state index contributed by atoms with van der Waals surface area (Å²) in [6.07, 6.45) is 0. The first-order valence-electron chi connectivity index (χ1n) is 5.89. The SMILES string of the molecule is COc1cc([C@@H](C)N)ccc1OCc1cc(Br)cs1. The van der Waals surface area contributed by atoms with Crippen molar-refractivity contribution in [3.05, 3.63) is 44.6 Å². The Balaban J connectivity index is 2.11. The zero-order valence-corrected chi connectivity index (χ0v) is 13.3. The molecule has 2 N–H and O–H groups in total. The largest absolute Gasteiger partial charge is 0.493 e. The number of rotatable bonds is 5. The Kier molecular flexibility index (Phi) is 4.85. The minimum Gasteiger partial charge on any atom is -0.493 e. The van der Waals surface area contributed by atoms with Crippen molar-refractivity contribution in [3.8, 4) is 11.5 Å². The third kappa shape index (κ3) is 3.72. The molecule has 0 aliphatic heterocycles. The Morgan fingerprint density at radius 1 is 1.32 bits per heavy atom. The summed E-state index contributed by atoms with van der Waals surface area (Å²) in [5, 5.41) is 2.04. The highest BCUT2D eigenvalue weighted by molar-refractivity contribution is 9.10. The molecule has 1 aromatic heterocycles. The number of nitrogens with two attached hydrogens (primary N) is 1. The van der Waals surface area contributed by atoms with Crippen molar-refractivity contribution >= 4 is 27.3 Å². The Hall–Kier alpha value is -1.04. The Labute approximate surface area is 125 Å². The van der Waals surface area contributed by atoms with Gasteiger partial charge in [0.15, 0.2) is 11.5 Å². The fourth-order valence-corrected chi connectivity index (χ4v) is 3.03. The first kappa shape index (κ1) is 14.4. The van der Waals surface area contributed by atoms with Gasteiger partial charge in [-0.2, -0.15) is 0 Å². The molecule has 0 saturated carbocycles. The molecule has 3 nitrogen and oxygen atoms in total. The van der Waals surface area contributed by atoms with Crippen LogP contribution in [-0.4, -0.2) is 7.11 Å². The van der Waals surface area contributed by atoms with E-state index in [9.17, 15) is 0 Å². The average molecular weight is 342 g/mol. The van der Waals surface area contributed by atoms with E-state index in [4.69, 9.17) is 15.2 Å². The van der Waals surface area contributed by atoms with E-state index in [2.05, 4.69) is 15.9 Å². The summed E-state index contributed by atoms with van der Waals surface area (Å²) >= 11 is 5.09. The Morgan fingerprint density at radius 2 is 2.11 bits per heavy atom. The minimum atomic E-state index is -0.0174. The normalized spacial score (nSPS) is 12.2. The lowest BCUT2D eigenvalue weighted by atomic mass is 10.1. The van der Waals surface area contributed by atoms with Crippen molar-refractivity contribution in [3.63, 3.8) is 0 Å². The van der Waals surface area contributed by atoms with Gasteiger partial charge in [-0.15, -0.1) is 11.3 Å².